The van der Waals surface area contributed by atoms with Crippen LogP contribution in [0.5, 0.6) is 0 Å². The van der Waals surface area contributed by atoms with Gasteiger partial charge in [0.15, 0.2) is 0 Å². The highest BCUT2D eigenvalue weighted by atomic mass is 19.1. The molecule has 0 spiro atoms. The Kier molecular flexibility index (Phi) is 2.68. The normalized spacial score (nSPS) is 38.1. The van der Waals surface area contributed by atoms with Gasteiger partial charge in [-0.05, 0) is 30.8 Å². The Hall–Kier alpha value is -0.700. The van der Waals surface area contributed by atoms with Crippen LogP contribution in [0, 0.1) is 11.8 Å². The molecule has 1 fully saturated rings. The van der Waals surface area contributed by atoms with E-state index in [1.165, 1.54) is 6.08 Å². The van der Waals surface area contributed by atoms with Gasteiger partial charge in [0.2, 0.25) is 0 Å². The van der Waals surface area contributed by atoms with E-state index in [9.17, 15) is 8.78 Å². The first-order valence-corrected chi connectivity index (χ1v) is 5.16. The summed E-state index contributed by atoms with van der Waals surface area (Å²) in [7, 11) is 0. The van der Waals surface area contributed by atoms with Gasteiger partial charge in [-0.3, -0.25) is 0 Å². The van der Waals surface area contributed by atoms with Crippen LogP contribution in [-0.2, 0) is 0 Å². The van der Waals surface area contributed by atoms with E-state index in [0.29, 0.717) is 6.42 Å². The number of hydrogen-bond acceptors (Lipinski definition) is 1. The van der Waals surface area contributed by atoms with Crippen molar-refractivity contribution in [2.45, 2.75) is 31.7 Å². The highest BCUT2D eigenvalue weighted by Crippen LogP contribution is 2.37. The van der Waals surface area contributed by atoms with Crippen LogP contribution in [0.4, 0.5) is 8.78 Å². The fourth-order valence-electron chi connectivity index (χ4n) is 2.57. The van der Waals surface area contributed by atoms with Gasteiger partial charge in [0.05, 0.1) is 0 Å². The number of allylic oxidation sites excluding steroid dienone is 4. The molecule has 14 heavy (non-hydrogen) atoms. The van der Waals surface area contributed by atoms with E-state index in [0.717, 1.165) is 25.3 Å². The SMILES string of the molecule is N[C@@H]1CCC[C@@H]1C1C=C(F)C=C(F)C1. The second-order valence-corrected chi connectivity index (χ2v) is 4.27. The highest BCUT2D eigenvalue weighted by molar-refractivity contribution is 5.22. The lowest BCUT2D eigenvalue weighted by Crippen LogP contribution is -2.30. The zero-order valence-corrected chi connectivity index (χ0v) is 8.05. The van der Waals surface area contributed by atoms with E-state index in [2.05, 4.69) is 0 Å². The van der Waals surface area contributed by atoms with Gasteiger partial charge in [-0.25, -0.2) is 8.78 Å². The van der Waals surface area contributed by atoms with Crippen LogP contribution < -0.4 is 5.73 Å². The molecule has 2 rings (SSSR count). The predicted molar refractivity (Wildman–Crippen MR) is 51.8 cm³/mol. The summed E-state index contributed by atoms with van der Waals surface area (Å²) in [5, 5.41) is 0. The van der Waals surface area contributed by atoms with Crippen molar-refractivity contribution in [1.29, 1.82) is 0 Å². The van der Waals surface area contributed by atoms with Gasteiger partial charge in [-0.2, -0.15) is 0 Å². The topological polar surface area (TPSA) is 26.0 Å². The average molecular weight is 199 g/mol. The summed E-state index contributed by atoms with van der Waals surface area (Å²) in [5.41, 5.74) is 5.91. The summed E-state index contributed by atoms with van der Waals surface area (Å²) in [6.07, 6.45) is 5.90. The smallest absolute Gasteiger partial charge is 0.122 e. The van der Waals surface area contributed by atoms with Crippen molar-refractivity contribution >= 4 is 0 Å². The van der Waals surface area contributed by atoms with Crippen LogP contribution >= 0.6 is 0 Å². The summed E-state index contributed by atoms with van der Waals surface area (Å²) in [6.45, 7) is 0. The Morgan fingerprint density at radius 1 is 1.29 bits per heavy atom. The van der Waals surface area contributed by atoms with Crippen molar-refractivity contribution in [2.75, 3.05) is 0 Å². The lowest BCUT2D eigenvalue weighted by Gasteiger charge is -2.25. The van der Waals surface area contributed by atoms with Gasteiger partial charge in [0, 0.05) is 18.5 Å². The third-order valence-electron chi connectivity index (χ3n) is 3.27. The summed E-state index contributed by atoms with van der Waals surface area (Å²) < 4.78 is 26.0. The van der Waals surface area contributed by atoms with Crippen LogP contribution in [0.1, 0.15) is 25.7 Å². The molecule has 0 aromatic rings. The van der Waals surface area contributed by atoms with Gasteiger partial charge in [0.25, 0.3) is 0 Å². The number of rotatable bonds is 1. The summed E-state index contributed by atoms with van der Waals surface area (Å²) >= 11 is 0. The molecule has 0 amide bonds. The molecule has 1 nitrogen and oxygen atoms in total. The molecule has 2 aliphatic rings. The van der Waals surface area contributed by atoms with E-state index >= 15 is 0 Å². The maximum Gasteiger partial charge on any atom is 0.122 e. The van der Waals surface area contributed by atoms with Crippen molar-refractivity contribution < 1.29 is 8.78 Å². The largest absolute Gasteiger partial charge is 0.327 e. The zero-order valence-electron chi connectivity index (χ0n) is 8.05. The van der Waals surface area contributed by atoms with Crippen molar-refractivity contribution in [2.24, 2.45) is 17.6 Å². The minimum absolute atomic E-state index is 0.0301. The maximum atomic E-state index is 13.0. The van der Waals surface area contributed by atoms with E-state index in [4.69, 9.17) is 5.73 Å². The molecule has 1 unspecified atom stereocenters. The lowest BCUT2D eigenvalue weighted by atomic mass is 9.83. The summed E-state index contributed by atoms with van der Waals surface area (Å²) in [6, 6.07) is 0.120. The first-order chi connectivity index (χ1) is 6.66. The van der Waals surface area contributed by atoms with Crippen LogP contribution in [0.3, 0.4) is 0 Å². The first kappa shape index (κ1) is 9.84. The molecule has 0 radical (unpaired) electrons. The van der Waals surface area contributed by atoms with Gasteiger partial charge >= 0.3 is 0 Å². The Balaban J connectivity index is 2.09. The second-order valence-electron chi connectivity index (χ2n) is 4.27. The van der Waals surface area contributed by atoms with Gasteiger partial charge in [-0.1, -0.05) is 6.42 Å². The second kappa shape index (κ2) is 3.81. The van der Waals surface area contributed by atoms with Crippen LogP contribution in [0.2, 0.25) is 0 Å². The van der Waals surface area contributed by atoms with Crippen molar-refractivity contribution in [3.05, 3.63) is 23.8 Å². The third-order valence-corrected chi connectivity index (χ3v) is 3.27. The van der Waals surface area contributed by atoms with Gasteiger partial charge < -0.3 is 5.73 Å². The van der Waals surface area contributed by atoms with Crippen molar-refractivity contribution in [3.63, 3.8) is 0 Å². The zero-order chi connectivity index (χ0) is 10.1. The highest BCUT2D eigenvalue weighted by Gasteiger charge is 2.32. The molecular formula is C11H15F2N. The third kappa shape index (κ3) is 1.87. The molecule has 0 saturated heterocycles. The monoisotopic (exact) mass is 199 g/mol. The van der Waals surface area contributed by atoms with Gasteiger partial charge in [-0.15, -0.1) is 0 Å². The molecular weight excluding hydrogens is 184 g/mol. The van der Waals surface area contributed by atoms with E-state index < -0.39 is 5.83 Å². The number of nitrogens with two attached hydrogens (primary N) is 1. The molecule has 3 atom stereocenters. The Morgan fingerprint density at radius 3 is 2.64 bits per heavy atom. The molecule has 0 aliphatic heterocycles. The van der Waals surface area contributed by atoms with E-state index in [1.807, 2.05) is 0 Å². The fraction of sp³-hybridized carbons (Fsp3) is 0.636. The predicted octanol–water partition coefficient (Wildman–Crippen LogP) is 2.84. The first-order valence-electron chi connectivity index (χ1n) is 5.16. The molecule has 2 N–H and O–H groups in total. The molecule has 78 valence electrons. The van der Waals surface area contributed by atoms with E-state index in [-0.39, 0.29) is 23.7 Å². The van der Waals surface area contributed by atoms with Crippen LogP contribution in [0.15, 0.2) is 23.8 Å². The quantitative estimate of drug-likeness (QED) is 0.690. The Labute approximate surface area is 82.7 Å². The molecule has 0 aromatic carbocycles. The standard InChI is InChI=1S/C11H15F2N/c12-8-4-7(5-9(13)6-8)10-2-1-3-11(10)14/h4,6-7,10-11H,1-3,5,14H2/t7?,10-,11-/m1/s1. The molecule has 1 saturated carbocycles. The van der Waals surface area contributed by atoms with E-state index in [1.54, 1.807) is 0 Å². The molecule has 0 aromatic heterocycles. The number of halogens is 2. The Morgan fingerprint density at radius 2 is 2.07 bits per heavy atom. The van der Waals surface area contributed by atoms with Crippen LogP contribution in [0.25, 0.3) is 0 Å². The fourth-order valence-corrected chi connectivity index (χ4v) is 2.57. The Bertz CT molecular complexity index is 283. The van der Waals surface area contributed by atoms with Crippen molar-refractivity contribution in [3.8, 4) is 0 Å². The molecule has 0 heterocycles. The minimum atomic E-state index is -0.446. The lowest BCUT2D eigenvalue weighted by molar-refractivity contribution is 0.335. The molecule has 2 aliphatic carbocycles. The maximum absolute atomic E-state index is 13.0. The van der Waals surface area contributed by atoms with Gasteiger partial charge in [0.1, 0.15) is 11.7 Å². The summed E-state index contributed by atoms with van der Waals surface area (Å²) in [5.74, 6) is -0.565. The average Bonchev–Trinajstić information content (AvgIpc) is 2.49. The molecule has 0 bridgehead atoms. The summed E-state index contributed by atoms with van der Waals surface area (Å²) in [4.78, 5) is 0. The van der Waals surface area contributed by atoms with Crippen molar-refractivity contribution in [1.82, 2.24) is 0 Å². The minimum Gasteiger partial charge on any atom is -0.327 e. The molecule has 3 heteroatoms. The van der Waals surface area contributed by atoms with Crippen LogP contribution in [-0.4, -0.2) is 6.04 Å². The number of hydrogen-bond donors (Lipinski definition) is 1.